The molecule has 3 unspecified atom stereocenters. The van der Waals surface area contributed by atoms with E-state index in [0.29, 0.717) is 0 Å². The molecule has 2 nitrogen and oxygen atoms in total. The molecular weight excluding hydrogens is 547 g/mol. The molecule has 2 aromatic carbocycles. The zero-order valence-corrected chi connectivity index (χ0v) is 24.2. The van der Waals surface area contributed by atoms with E-state index in [4.69, 9.17) is 9.31 Å². The first kappa shape index (κ1) is 26.0. The summed E-state index contributed by atoms with van der Waals surface area (Å²) in [5.74, 6) is 0. The third-order valence-electron chi connectivity index (χ3n) is 5.33. The van der Waals surface area contributed by atoms with Gasteiger partial charge in [0, 0.05) is 8.95 Å². The summed E-state index contributed by atoms with van der Waals surface area (Å²) in [5.41, 5.74) is 5.30. The topological polar surface area (TPSA) is 18.5 Å². The molecule has 29 heavy (non-hydrogen) atoms. The Kier molecular flexibility index (Phi) is 9.48. The first-order valence-electron chi connectivity index (χ1n) is 9.34. The number of halogens is 2. The van der Waals surface area contributed by atoms with Crippen LogP contribution in [-0.2, 0) is 9.31 Å². The largest absolute Gasteiger partial charge is 0.494 e. The summed E-state index contributed by atoms with van der Waals surface area (Å²) in [5, 5.41) is 0. The molecule has 1 fully saturated rings. The lowest BCUT2D eigenvalue weighted by Crippen LogP contribution is -2.41. The van der Waals surface area contributed by atoms with Crippen molar-refractivity contribution in [2.75, 3.05) is 0 Å². The summed E-state index contributed by atoms with van der Waals surface area (Å²) < 4.78 is 14.5. The van der Waals surface area contributed by atoms with E-state index in [9.17, 15) is 0 Å². The molecule has 0 aliphatic carbocycles. The number of hydrogen-bond donors (Lipinski definition) is 0. The number of benzene rings is 2. The van der Waals surface area contributed by atoms with Crippen molar-refractivity contribution < 1.29 is 9.31 Å². The van der Waals surface area contributed by atoms with Gasteiger partial charge in [-0.25, -0.2) is 0 Å². The zero-order valence-electron chi connectivity index (χ0n) is 17.8. The molecule has 9 heteroatoms. The van der Waals surface area contributed by atoms with Crippen LogP contribution in [0.2, 0.25) is 0 Å². The van der Waals surface area contributed by atoms with Gasteiger partial charge in [-0.1, -0.05) is 44.0 Å². The molecule has 3 atom stereocenters. The minimum Gasteiger partial charge on any atom is -0.399 e. The van der Waals surface area contributed by atoms with Crippen LogP contribution in [0.5, 0.6) is 0 Å². The van der Waals surface area contributed by atoms with Crippen LogP contribution in [0, 0.1) is 13.8 Å². The van der Waals surface area contributed by atoms with Gasteiger partial charge >= 0.3 is 7.12 Å². The lowest BCUT2D eigenvalue weighted by atomic mass is 9.76. The van der Waals surface area contributed by atoms with Crippen molar-refractivity contribution in [2.45, 2.75) is 52.7 Å². The second kappa shape index (κ2) is 10.6. The van der Waals surface area contributed by atoms with Crippen molar-refractivity contribution in [3.05, 3.63) is 50.4 Å². The van der Waals surface area contributed by atoms with E-state index in [1.807, 2.05) is 12.8 Å². The van der Waals surface area contributed by atoms with Crippen LogP contribution in [0.4, 0.5) is 0 Å². The van der Waals surface area contributed by atoms with Crippen LogP contribution >= 0.6 is 58.1 Å². The molecule has 0 N–H and O–H groups in total. The SMILES string of the molecule is Cc1cc(B2OC(C)(C)C(C)(C)O2)cc(C)c1-c1cc(Br)cc(Br)c1.P[B]PP. The van der Waals surface area contributed by atoms with E-state index in [-0.39, 0.29) is 18.3 Å². The molecule has 0 amide bonds. The van der Waals surface area contributed by atoms with Gasteiger partial charge in [0.05, 0.1) is 11.2 Å². The summed E-state index contributed by atoms with van der Waals surface area (Å²) in [6, 6.07) is 10.7. The van der Waals surface area contributed by atoms with Crippen molar-refractivity contribution in [3.63, 3.8) is 0 Å². The highest BCUT2D eigenvalue weighted by molar-refractivity contribution is 9.11. The summed E-state index contributed by atoms with van der Waals surface area (Å²) in [4.78, 5) is 0. The summed E-state index contributed by atoms with van der Waals surface area (Å²) in [6.45, 7) is 14.7. The summed E-state index contributed by atoms with van der Waals surface area (Å²) >= 11 is 7.17. The Bertz CT molecular complexity index is 818. The highest BCUT2D eigenvalue weighted by Crippen LogP contribution is 2.37. The van der Waals surface area contributed by atoms with Gasteiger partial charge in [0.2, 0.25) is 0 Å². The van der Waals surface area contributed by atoms with Crippen LogP contribution in [0.15, 0.2) is 39.3 Å². The van der Waals surface area contributed by atoms with Gasteiger partial charge in [0.15, 0.2) is 6.72 Å². The van der Waals surface area contributed by atoms with Crippen LogP contribution < -0.4 is 5.46 Å². The van der Waals surface area contributed by atoms with E-state index in [1.165, 1.54) is 22.3 Å². The van der Waals surface area contributed by atoms with Gasteiger partial charge in [-0.15, -0.1) is 17.1 Å². The molecule has 3 rings (SSSR count). The second-order valence-electron chi connectivity index (χ2n) is 8.11. The third kappa shape index (κ3) is 6.38. The maximum atomic E-state index is 6.21. The molecule has 1 heterocycles. The van der Waals surface area contributed by atoms with E-state index < -0.39 is 0 Å². The fourth-order valence-electron chi connectivity index (χ4n) is 3.27. The average Bonchev–Trinajstić information content (AvgIpc) is 2.81. The van der Waals surface area contributed by atoms with Crippen LogP contribution in [0.3, 0.4) is 0 Å². The van der Waals surface area contributed by atoms with Gasteiger partial charge < -0.3 is 9.31 Å². The van der Waals surface area contributed by atoms with Gasteiger partial charge in [-0.05, 0) is 87.5 Å². The Morgan fingerprint density at radius 2 is 1.31 bits per heavy atom. The fourth-order valence-corrected chi connectivity index (χ4v) is 4.56. The van der Waals surface area contributed by atoms with E-state index in [1.54, 1.807) is 0 Å². The molecule has 0 aromatic heterocycles. The molecule has 1 radical (unpaired) electrons. The van der Waals surface area contributed by atoms with Gasteiger partial charge in [-0.2, -0.15) is 9.12 Å². The summed E-state index contributed by atoms with van der Waals surface area (Å²) in [6.07, 6.45) is 0. The van der Waals surface area contributed by atoms with Gasteiger partial charge in [-0.3, -0.25) is 0 Å². The Hall–Kier alpha value is 0.740. The zero-order chi connectivity index (χ0) is 22.0. The first-order chi connectivity index (χ1) is 13.4. The highest BCUT2D eigenvalue weighted by atomic mass is 79.9. The monoisotopic (exact) mass is 573 g/mol. The smallest absolute Gasteiger partial charge is 0.399 e. The Morgan fingerprint density at radius 3 is 1.69 bits per heavy atom. The third-order valence-corrected chi connectivity index (χ3v) is 8.75. The van der Waals surface area contributed by atoms with Crippen LogP contribution in [0.25, 0.3) is 11.1 Å². The lowest BCUT2D eigenvalue weighted by molar-refractivity contribution is 0.00578. The predicted octanol–water partition coefficient (Wildman–Crippen LogP) is 6.66. The standard InChI is InChI=1S/C20H23BBr2O2.BH5P3/c1-12-7-15(21-24-19(3,4)20(5,6)25-21)8-13(2)18(12)14-9-16(22)11-17(23)10-14;2-1-4-3/h7-11H,1-6H3;4H,2-3H2. The molecule has 2 aromatic rings. The Labute approximate surface area is 200 Å². The lowest BCUT2D eigenvalue weighted by Gasteiger charge is -2.32. The summed E-state index contributed by atoms with van der Waals surface area (Å²) in [7, 11) is 5.70. The average molecular weight is 575 g/mol. The normalized spacial score (nSPS) is 17.4. The van der Waals surface area contributed by atoms with E-state index in [0.717, 1.165) is 22.6 Å². The Morgan fingerprint density at radius 1 is 0.897 bits per heavy atom. The van der Waals surface area contributed by atoms with Crippen LogP contribution in [-0.4, -0.2) is 25.0 Å². The first-order valence-corrected chi connectivity index (χ1v) is 14.5. The molecular formula is C20H28B2Br2O2P3. The molecule has 0 bridgehead atoms. The van der Waals surface area contributed by atoms with Crippen molar-refractivity contribution in [2.24, 2.45) is 0 Å². The minimum atomic E-state index is -0.328. The molecule has 1 saturated heterocycles. The Balaban J connectivity index is 0.000000687. The van der Waals surface area contributed by atoms with Crippen molar-refractivity contribution in [1.82, 2.24) is 0 Å². The quantitative estimate of drug-likeness (QED) is 0.302. The number of rotatable bonds is 3. The van der Waals surface area contributed by atoms with Gasteiger partial charge in [0.1, 0.15) is 0 Å². The molecule has 0 saturated carbocycles. The maximum absolute atomic E-state index is 6.21. The maximum Gasteiger partial charge on any atom is 0.494 e. The van der Waals surface area contributed by atoms with Crippen molar-refractivity contribution >= 4 is 77.4 Å². The molecule has 1 aliphatic rings. The van der Waals surface area contributed by atoms with Crippen molar-refractivity contribution in [1.29, 1.82) is 0 Å². The number of hydrogen-bond acceptors (Lipinski definition) is 2. The number of aryl methyl sites for hydroxylation is 2. The molecule has 1 aliphatic heterocycles. The van der Waals surface area contributed by atoms with E-state index in [2.05, 4.69) is 116 Å². The molecule has 155 valence electrons. The van der Waals surface area contributed by atoms with Crippen LogP contribution in [0.1, 0.15) is 38.8 Å². The predicted molar refractivity (Wildman–Crippen MR) is 146 cm³/mol. The second-order valence-corrected chi connectivity index (χ2v) is 12.6. The fraction of sp³-hybridized carbons (Fsp3) is 0.400. The highest BCUT2D eigenvalue weighted by Gasteiger charge is 2.51. The van der Waals surface area contributed by atoms with Crippen molar-refractivity contribution in [3.8, 4) is 11.1 Å². The molecule has 0 spiro atoms. The minimum absolute atomic E-state index is 0.326. The van der Waals surface area contributed by atoms with Gasteiger partial charge in [0.25, 0.3) is 0 Å². The van der Waals surface area contributed by atoms with E-state index >= 15 is 0 Å².